The van der Waals surface area contributed by atoms with Gasteiger partial charge in [-0.2, -0.15) is 0 Å². The molecule has 23 heavy (non-hydrogen) atoms. The molecule has 0 unspecified atom stereocenters. The van der Waals surface area contributed by atoms with Crippen molar-refractivity contribution in [3.05, 3.63) is 29.8 Å². The number of nitrogens with zero attached hydrogens (tertiary/aromatic N) is 2. The van der Waals surface area contributed by atoms with Gasteiger partial charge in [0.2, 0.25) is 15.9 Å². The smallest absolute Gasteiger partial charge is 0.243 e. The molecule has 0 saturated carbocycles. The average Bonchev–Trinajstić information content (AvgIpc) is 2.51. The van der Waals surface area contributed by atoms with Gasteiger partial charge in [0, 0.05) is 13.1 Å². The summed E-state index contributed by atoms with van der Waals surface area (Å²) in [5.41, 5.74) is 1.68. The molecule has 0 N–H and O–H groups in total. The number of benzene rings is 1. The highest BCUT2D eigenvalue weighted by Gasteiger charge is 2.26. The number of likely N-dealkylation sites (tertiary alicyclic amines) is 1. The third-order valence-corrected chi connectivity index (χ3v) is 5.46. The number of hydrogen-bond acceptors (Lipinski definition) is 3. The van der Waals surface area contributed by atoms with Crippen LogP contribution in [0.1, 0.15) is 32.3 Å². The van der Waals surface area contributed by atoms with Crippen LogP contribution in [0.25, 0.3) is 0 Å². The summed E-state index contributed by atoms with van der Waals surface area (Å²) in [5.74, 6) is 0.352. The van der Waals surface area contributed by atoms with Crippen LogP contribution in [0, 0.1) is 5.92 Å². The molecule has 128 valence electrons. The van der Waals surface area contributed by atoms with Crippen LogP contribution in [0.5, 0.6) is 0 Å². The van der Waals surface area contributed by atoms with Gasteiger partial charge in [0.25, 0.3) is 0 Å². The number of amides is 1. The summed E-state index contributed by atoms with van der Waals surface area (Å²) in [6.07, 6.45) is 4.14. The maximum atomic E-state index is 12.5. The fourth-order valence-corrected chi connectivity index (χ4v) is 3.79. The van der Waals surface area contributed by atoms with Crippen LogP contribution in [-0.2, 0) is 21.2 Å². The molecule has 1 saturated heterocycles. The third kappa shape index (κ3) is 4.70. The molecule has 0 radical (unpaired) electrons. The quantitative estimate of drug-likeness (QED) is 0.827. The number of aryl methyl sites for hydroxylation is 1. The molecular formula is C17H26N2O3S. The fourth-order valence-electron chi connectivity index (χ4n) is 2.94. The van der Waals surface area contributed by atoms with Gasteiger partial charge in [-0.3, -0.25) is 9.10 Å². The Labute approximate surface area is 139 Å². The standard InChI is InChI=1S/C17H26N2O3S/c1-4-15-7-9-16(10-8-15)19(23(3,21)22)13-17(20)18-11-5-6-14(2)12-18/h7-10,14H,4-6,11-13H2,1-3H3/t14-/m0/s1. The van der Waals surface area contributed by atoms with Gasteiger partial charge in [0.15, 0.2) is 0 Å². The molecule has 5 nitrogen and oxygen atoms in total. The zero-order valence-electron chi connectivity index (χ0n) is 14.2. The minimum atomic E-state index is -3.50. The summed E-state index contributed by atoms with van der Waals surface area (Å²) in [6, 6.07) is 7.35. The summed E-state index contributed by atoms with van der Waals surface area (Å²) in [6.45, 7) is 5.47. The normalized spacial score (nSPS) is 18.7. The maximum absolute atomic E-state index is 12.5. The predicted molar refractivity (Wildman–Crippen MR) is 93.0 cm³/mol. The molecule has 0 spiro atoms. The largest absolute Gasteiger partial charge is 0.341 e. The lowest BCUT2D eigenvalue weighted by Crippen LogP contribution is -2.46. The van der Waals surface area contributed by atoms with Crippen LogP contribution in [0.2, 0.25) is 0 Å². The van der Waals surface area contributed by atoms with Crippen molar-refractivity contribution in [3.8, 4) is 0 Å². The van der Waals surface area contributed by atoms with Crippen molar-refractivity contribution in [1.82, 2.24) is 4.90 Å². The molecule has 1 aliphatic heterocycles. The van der Waals surface area contributed by atoms with Crippen molar-refractivity contribution in [2.45, 2.75) is 33.1 Å². The van der Waals surface area contributed by atoms with E-state index >= 15 is 0 Å². The molecule has 1 atom stereocenters. The second-order valence-electron chi connectivity index (χ2n) is 6.38. The number of hydrogen-bond donors (Lipinski definition) is 0. The first kappa shape index (κ1) is 17.8. The number of carbonyl (C=O) groups excluding carboxylic acids is 1. The van der Waals surface area contributed by atoms with E-state index in [1.54, 1.807) is 17.0 Å². The first-order valence-electron chi connectivity index (χ1n) is 8.15. The van der Waals surface area contributed by atoms with Crippen molar-refractivity contribution in [2.75, 3.05) is 30.2 Å². The molecule has 0 bridgehead atoms. The van der Waals surface area contributed by atoms with Crippen LogP contribution >= 0.6 is 0 Å². The van der Waals surface area contributed by atoms with Crippen LogP contribution in [0.4, 0.5) is 5.69 Å². The lowest BCUT2D eigenvalue weighted by molar-refractivity contribution is -0.131. The van der Waals surface area contributed by atoms with Gasteiger partial charge in [-0.25, -0.2) is 8.42 Å². The van der Waals surface area contributed by atoms with E-state index in [-0.39, 0.29) is 12.5 Å². The number of rotatable bonds is 5. The Bertz CT molecular complexity index is 640. The molecule has 0 aliphatic carbocycles. The molecule has 1 aliphatic rings. The second kappa shape index (κ2) is 7.34. The van der Waals surface area contributed by atoms with E-state index < -0.39 is 10.0 Å². The summed E-state index contributed by atoms with van der Waals surface area (Å²) in [4.78, 5) is 14.3. The molecule has 1 heterocycles. The van der Waals surface area contributed by atoms with Gasteiger partial charge in [0.05, 0.1) is 11.9 Å². The van der Waals surface area contributed by atoms with Crippen molar-refractivity contribution < 1.29 is 13.2 Å². The Balaban J connectivity index is 2.17. The Morgan fingerprint density at radius 2 is 1.96 bits per heavy atom. The molecule has 1 amide bonds. The Morgan fingerprint density at radius 1 is 1.30 bits per heavy atom. The molecule has 1 aromatic rings. The minimum Gasteiger partial charge on any atom is -0.341 e. The minimum absolute atomic E-state index is 0.124. The first-order chi connectivity index (χ1) is 10.8. The van der Waals surface area contributed by atoms with Crippen LogP contribution in [-0.4, -0.2) is 45.1 Å². The zero-order valence-corrected chi connectivity index (χ0v) is 15.0. The van der Waals surface area contributed by atoms with Crippen LogP contribution in [0.15, 0.2) is 24.3 Å². The topological polar surface area (TPSA) is 57.7 Å². The van der Waals surface area contributed by atoms with Crippen molar-refractivity contribution in [2.24, 2.45) is 5.92 Å². The Morgan fingerprint density at radius 3 is 2.48 bits per heavy atom. The van der Waals surface area contributed by atoms with Crippen LogP contribution in [0.3, 0.4) is 0 Å². The van der Waals surface area contributed by atoms with Crippen LogP contribution < -0.4 is 4.31 Å². The Hall–Kier alpha value is -1.56. The fraction of sp³-hybridized carbons (Fsp3) is 0.588. The van der Waals surface area contributed by atoms with Gasteiger partial charge >= 0.3 is 0 Å². The molecule has 0 aromatic heterocycles. The van der Waals surface area contributed by atoms with Crippen molar-refractivity contribution in [3.63, 3.8) is 0 Å². The number of carbonyl (C=O) groups is 1. The maximum Gasteiger partial charge on any atom is 0.243 e. The van der Waals surface area contributed by atoms with E-state index in [0.29, 0.717) is 18.2 Å². The summed E-state index contributed by atoms with van der Waals surface area (Å²) in [7, 11) is -3.50. The SMILES string of the molecule is CCc1ccc(N(CC(=O)N2CCC[C@H](C)C2)S(C)(=O)=O)cc1. The van der Waals surface area contributed by atoms with E-state index in [4.69, 9.17) is 0 Å². The summed E-state index contributed by atoms with van der Waals surface area (Å²) >= 11 is 0. The Kier molecular flexibility index (Phi) is 5.68. The average molecular weight is 338 g/mol. The lowest BCUT2D eigenvalue weighted by atomic mass is 10.0. The number of sulfonamides is 1. The predicted octanol–water partition coefficient (Wildman–Crippen LogP) is 2.27. The van der Waals surface area contributed by atoms with E-state index in [2.05, 4.69) is 6.92 Å². The van der Waals surface area contributed by atoms with Gasteiger partial charge in [-0.15, -0.1) is 0 Å². The molecule has 1 fully saturated rings. The van der Waals surface area contributed by atoms with Gasteiger partial charge < -0.3 is 4.90 Å². The van der Waals surface area contributed by atoms with Crippen molar-refractivity contribution in [1.29, 1.82) is 0 Å². The lowest BCUT2D eigenvalue weighted by Gasteiger charge is -2.33. The van der Waals surface area contributed by atoms with E-state index in [9.17, 15) is 13.2 Å². The third-order valence-electron chi connectivity index (χ3n) is 4.32. The highest BCUT2D eigenvalue weighted by Crippen LogP contribution is 2.20. The monoisotopic (exact) mass is 338 g/mol. The van der Waals surface area contributed by atoms with E-state index in [0.717, 1.165) is 37.6 Å². The highest BCUT2D eigenvalue weighted by molar-refractivity contribution is 7.92. The van der Waals surface area contributed by atoms with Gasteiger partial charge in [-0.1, -0.05) is 26.0 Å². The summed E-state index contributed by atoms with van der Waals surface area (Å²) < 4.78 is 25.5. The van der Waals surface area contributed by atoms with Gasteiger partial charge in [-0.05, 0) is 42.9 Å². The second-order valence-corrected chi connectivity index (χ2v) is 8.28. The summed E-state index contributed by atoms with van der Waals surface area (Å²) in [5, 5.41) is 0. The highest BCUT2D eigenvalue weighted by atomic mass is 32.2. The zero-order chi connectivity index (χ0) is 17.0. The van der Waals surface area contributed by atoms with E-state index in [1.165, 1.54) is 4.31 Å². The number of anilines is 1. The molecule has 1 aromatic carbocycles. The van der Waals surface area contributed by atoms with Gasteiger partial charge in [0.1, 0.15) is 6.54 Å². The van der Waals surface area contributed by atoms with Crippen molar-refractivity contribution >= 4 is 21.6 Å². The number of piperidine rings is 1. The van der Waals surface area contributed by atoms with E-state index in [1.807, 2.05) is 19.1 Å². The first-order valence-corrected chi connectivity index (χ1v) is 10.0. The molecule has 6 heteroatoms. The molecule has 2 rings (SSSR count). The molecular weight excluding hydrogens is 312 g/mol.